The van der Waals surface area contributed by atoms with Crippen LogP contribution in [0, 0.1) is 0 Å². The summed E-state index contributed by atoms with van der Waals surface area (Å²) in [5.41, 5.74) is 6.61. The molecule has 1 aromatic heterocycles. The van der Waals surface area contributed by atoms with Crippen molar-refractivity contribution in [3.8, 4) is 0 Å². The van der Waals surface area contributed by atoms with Crippen LogP contribution < -0.4 is 11.1 Å². The maximum Gasteiger partial charge on any atom is 0.239 e. The van der Waals surface area contributed by atoms with E-state index in [2.05, 4.69) is 5.32 Å². The van der Waals surface area contributed by atoms with Crippen molar-refractivity contribution in [1.29, 1.82) is 0 Å². The molecular weight excluding hydrogens is 194 g/mol. The normalized spacial score (nSPS) is 12.5. The molecule has 0 saturated heterocycles. The van der Waals surface area contributed by atoms with Crippen LogP contribution in [0.25, 0.3) is 0 Å². The van der Waals surface area contributed by atoms with Gasteiger partial charge in [0, 0.05) is 33.1 Å². The maximum absolute atomic E-state index is 11.4. The van der Waals surface area contributed by atoms with E-state index in [0.717, 1.165) is 5.56 Å². The van der Waals surface area contributed by atoms with E-state index in [1.807, 2.05) is 30.1 Å². The standard InChI is InChI=1S/C10H17N3O2/c1-13-4-3-8(6-13)5-12-10(14)9(11)7-15-2/h3-4,6,9H,5,7,11H2,1-2H3,(H,12,14). The molecule has 0 bridgehead atoms. The Bertz CT molecular complexity index is 322. The second-order valence-corrected chi connectivity index (χ2v) is 3.46. The highest BCUT2D eigenvalue weighted by Crippen LogP contribution is 1.98. The lowest BCUT2D eigenvalue weighted by atomic mass is 10.3. The molecule has 1 aromatic rings. The Balaban J connectivity index is 2.34. The number of hydrogen-bond acceptors (Lipinski definition) is 3. The molecule has 1 atom stereocenters. The highest BCUT2D eigenvalue weighted by molar-refractivity contribution is 5.81. The van der Waals surface area contributed by atoms with Gasteiger partial charge in [0.1, 0.15) is 6.04 Å². The lowest BCUT2D eigenvalue weighted by Crippen LogP contribution is -2.43. The number of aromatic nitrogens is 1. The number of carbonyl (C=O) groups is 1. The van der Waals surface area contributed by atoms with Crippen molar-refractivity contribution in [3.05, 3.63) is 24.0 Å². The molecular formula is C10H17N3O2. The molecule has 0 fully saturated rings. The number of hydrogen-bond donors (Lipinski definition) is 2. The smallest absolute Gasteiger partial charge is 0.239 e. The van der Waals surface area contributed by atoms with E-state index in [0.29, 0.717) is 6.54 Å². The third-order valence-corrected chi connectivity index (χ3v) is 2.04. The van der Waals surface area contributed by atoms with Crippen LogP contribution in [0.4, 0.5) is 0 Å². The predicted molar refractivity (Wildman–Crippen MR) is 57.1 cm³/mol. The van der Waals surface area contributed by atoms with Crippen molar-refractivity contribution in [3.63, 3.8) is 0 Å². The first-order valence-electron chi connectivity index (χ1n) is 4.76. The molecule has 1 amide bonds. The van der Waals surface area contributed by atoms with Gasteiger partial charge in [-0.1, -0.05) is 0 Å². The van der Waals surface area contributed by atoms with Crippen molar-refractivity contribution in [2.24, 2.45) is 12.8 Å². The first-order chi connectivity index (χ1) is 7.13. The van der Waals surface area contributed by atoms with Crippen LogP contribution in [-0.2, 0) is 23.1 Å². The second-order valence-electron chi connectivity index (χ2n) is 3.46. The summed E-state index contributed by atoms with van der Waals surface area (Å²) in [5.74, 6) is -0.194. The lowest BCUT2D eigenvalue weighted by molar-refractivity contribution is -0.123. The molecule has 5 nitrogen and oxygen atoms in total. The fourth-order valence-electron chi connectivity index (χ4n) is 1.24. The number of nitrogens with zero attached hydrogens (tertiary/aromatic N) is 1. The SMILES string of the molecule is COCC(N)C(=O)NCc1ccn(C)c1. The summed E-state index contributed by atoms with van der Waals surface area (Å²) in [6, 6.07) is 1.35. The fourth-order valence-corrected chi connectivity index (χ4v) is 1.24. The number of aryl methyl sites for hydroxylation is 1. The van der Waals surface area contributed by atoms with Gasteiger partial charge in [-0.25, -0.2) is 0 Å². The Morgan fingerprint density at radius 2 is 2.47 bits per heavy atom. The molecule has 1 heterocycles. The van der Waals surface area contributed by atoms with Gasteiger partial charge in [-0.2, -0.15) is 0 Å². The number of methoxy groups -OCH3 is 1. The van der Waals surface area contributed by atoms with E-state index in [1.54, 1.807) is 0 Å². The van der Waals surface area contributed by atoms with Crippen molar-refractivity contribution < 1.29 is 9.53 Å². The molecule has 0 aromatic carbocycles. The van der Waals surface area contributed by atoms with E-state index >= 15 is 0 Å². The molecule has 0 aliphatic carbocycles. The highest BCUT2D eigenvalue weighted by atomic mass is 16.5. The van der Waals surface area contributed by atoms with Crippen LogP contribution >= 0.6 is 0 Å². The second kappa shape index (κ2) is 5.53. The molecule has 0 aliphatic heterocycles. The zero-order valence-electron chi connectivity index (χ0n) is 9.06. The highest BCUT2D eigenvalue weighted by Gasteiger charge is 2.12. The van der Waals surface area contributed by atoms with Crippen LogP contribution in [0.2, 0.25) is 0 Å². The Morgan fingerprint density at radius 3 is 3.00 bits per heavy atom. The number of nitrogens with two attached hydrogens (primary N) is 1. The number of rotatable bonds is 5. The number of amides is 1. The number of nitrogens with one attached hydrogen (secondary N) is 1. The molecule has 0 radical (unpaired) electrons. The molecule has 5 heteroatoms. The third kappa shape index (κ3) is 3.73. The summed E-state index contributed by atoms with van der Waals surface area (Å²) in [4.78, 5) is 11.4. The van der Waals surface area contributed by atoms with Crippen LogP contribution in [0.15, 0.2) is 18.5 Å². The summed E-state index contributed by atoms with van der Waals surface area (Å²) in [6.07, 6.45) is 3.87. The first kappa shape index (κ1) is 11.7. The van der Waals surface area contributed by atoms with Crippen molar-refractivity contribution in [2.45, 2.75) is 12.6 Å². The summed E-state index contributed by atoms with van der Waals surface area (Å²) >= 11 is 0. The van der Waals surface area contributed by atoms with Gasteiger partial charge in [0.15, 0.2) is 0 Å². The van der Waals surface area contributed by atoms with E-state index < -0.39 is 6.04 Å². The Hall–Kier alpha value is -1.33. The van der Waals surface area contributed by atoms with Gasteiger partial charge < -0.3 is 20.4 Å². The molecule has 0 saturated carbocycles. The predicted octanol–water partition coefficient (Wildman–Crippen LogP) is -0.385. The van der Waals surface area contributed by atoms with E-state index in [1.165, 1.54) is 7.11 Å². The molecule has 1 unspecified atom stereocenters. The molecule has 84 valence electrons. The summed E-state index contributed by atoms with van der Waals surface area (Å²) in [7, 11) is 3.45. The lowest BCUT2D eigenvalue weighted by Gasteiger charge is -2.10. The Labute approximate surface area is 89.2 Å². The van der Waals surface area contributed by atoms with Gasteiger partial charge in [-0.05, 0) is 11.6 Å². The quantitative estimate of drug-likeness (QED) is 0.697. The number of ether oxygens (including phenoxy) is 1. The maximum atomic E-state index is 11.4. The zero-order chi connectivity index (χ0) is 11.3. The zero-order valence-corrected chi connectivity index (χ0v) is 9.06. The average molecular weight is 211 g/mol. The molecule has 15 heavy (non-hydrogen) atoms. The van der Waals surface area contributed by atoms with Crippen molar-refractivity contribution in [1.82, 2.24) is 9.88 Å². The van der Waals surface area contributed by atoms with Gasteiger partial charge in [0.25, 0.3) is 0 Å². The summed E-state index contributed by atoms with van der Waals surface area (Å²) < 4.78 is 6.72. The minimum Gasteiger partial charge on any atom is -0.383 e. The third-order valence-electron chi connectivity index (χ3n) is 2.04. The molecule has 0 spiro atoms. The van der Waals surface area contributed by atoms with Crippen LogP contribution in [0.3, 0.4) is 0 Å². The van der Waals surface area contributed by atoms with Crippen LogP contribution in [0.5, 0.6) is 0 Å². The van der Waals surface area contributed by atoms with Gasteiger partial charge in [-0.15, -0.1) is 0 Å². The van der Waals surface area contributed by atoms with E-state index in [9.17, 15) is 4.79 Å². The molecule has 1 rings (SSSR count). The van der Waals surface area contributed by atoms with Gasteiger partial charge in [0.05, 0.1) is 6.61 Å². The minimum absolute atomic E-state index is 0.194. The largest absolute Gasteiger partial charge is 0.383 e. The number of carbonyl (C=O) groups excluding carboxylic acids is 1. The van der Waals surface area contributed by atoms with Crippen molar-refractivity contribution >= 4 is 5.91 Å². The fraction of sp³-hybridized carbons (Fsp3) is 0.500. The van der Waals surface area contributed by atoms with Gasteiger partial charge >= 0.3 is 0 Å². The van der Waals surface area contributed by atoms with Crippen LogP contribution in [0.1, 0.15) is 5.56 Å². The van der Waals surface area contributed by atoms with Gasteiger partial charge in [0.2, 0.25) is 5.91 Å². The van der Waals surface area contributed by atoms with Crippen molar-refractivity contribution in [2.75, 3.05) is 13.7 Å². The first-order valence-corrected chi connectivity index (χ1v) is 4.76. The molecule has 0 aliphatic rings. The average Bonchev–Trinajstić information content (AvgIpc) is 2.61. The molecule has 3 N–H and O–H groups in total. The minimum atomic E-state index is -0.598. The van der Waals surface area contributed by atoms with E-state index in [-0.39, 0.29) is 12.5 Å². The van der Waals surface area contributed by atoms with Gasteiger partial charge in [-0.3, -0.25) is 4.79 Å². The van der Waals surface area contributed by atoms with Crippen LogP contribution in [-0.4, -0.2) is 30.2 Å². The summed E-state index contributed by atoms with van der Waals surface area (Å²) in [5, 5.41) is 2.74. The van der Waals surface area contributed by atoms with E-state index in [4.69, 9.17) is 10.5 Å². The summed E-state index contributed by atoms with van der Waals surface area (Å²) in [6.45, 7) is 0.734. The monoisotopic (exact) mass is 211 g/mol. The topological polar surface area (TPSA) is 69.3 Å². The Kier molecular flexibility index (Phi) is 4.33. The Morgan fingerprint density at radius 1 is 1.73 bits per heavy atom.